The molecule has 0 fully saturated rings. The molecule has 0 aliphatic heterocycles. The molecular weight excluding hydrogens is 332 g/mol. The highest BCUT2D eigenvalue weighted by molar-refractivity contribution is 4.52. The lowest BCUT2D eigenvalue weighted by atomic mass is 10.1. The van der Waals surface area contributed by atoms with Crippen molar-refractivity contribution < 1.29 is 9.47 Å². The molecule has 0 aromatic rings. The Morgan fingerprint density at radius 1 is 0.481 bits per heavy atom. The van der Waals surface area contributed by atoms with Gasteiger partial charge < -0.3 is 9.47 Å². The normalized spacial score (nSPS) is 12.6. The van der Waals surface area contributed by atoms with Gasteiger partial charge in [-0.2, -0.15) is 0 Å². The lowest BCUT2D eigenvalue weighted by molar-refractivity contribution is 0.0462. The van der Waals surface area contributed by atoms with E-state index in [0.717, 1.165) is 32.7 Å². The monoisotopic (exact) mass is 384 g/mol. The first-order chi connectivity index (χ1) is 13.3. The van der Waals surface area contributed by atoms with Crippen LogP contribution in [0, 0.1) is 0 Å². The van der Waals surface area contributed by atoms with Crippen LogP contribution in [0.4, 0.5) is 0 Å². The van der Waals surface area contributed by atoms with Crippen molar-refractivity contribution in [2.45, 2.75) is 142 Å². The smallest absolute Gasteiger partial charge is 0.0547 e. The van der Waals surface area contributed by atoms with E-state index in [-0.39, 0.29) is 0 Å². The molecule has 164 valence electrons. The Bertz CT molecular complexity index is 255. The zero-order chi connectivity index (χ0) is 19.8. The molecule has 0 saturated carbocycles. The molecule has 2 nitrogen and oxygen atoms in total. The fourth-order valence-electron chi connectivity index (χ4n) is 3.52. The van der Waals surface area contributed by atoms with E-state index in [1.54, 1.807) is 0 Å². The summed E-state index contributed by atoms with van der Waals surface area (Å²) in [6.45, 7) is 9.56. The van der Waals surface area contributed by atoms with Gasteiger partial charge in [-0.1, -0.05) is 104 Å². The van der Waals surface area contributed by atoms with Crippen molar-refractivity contribution >= 4 is 0 Å². The molecule has 0 aliphatic carbocycles. The van der Waals surface area contributed by atoms with E-state index in [0.29, 0.717) is 6.10 Å². The summed E-state index contributed by atoms with van der Waals surface area (Å²) in [7, 11) is 0. The standard InChI is InChI=1S/C25H52O2/c1-4-6-8-10-12-14-16-18-22-26-23-20-21-25(3)27-24-19-17-15-13-11-9-7-5-2/h25H,4-24H2,1-3H3. The number of unbranched alkanes of at least 4 members (excludes halogenated alkanes) is 14. The molecule has 1 atom stereocenters. The summed E-state index contributed by atoms with van der Waals surface area (Å²) < 4.78 is 11.7. The summed E-state index contributed by atoms with van der Waals surface area (Å²) in [6.07, 6.45) is 24.6. The van der Waals surface area contributed by atoms with Crippen LogP contribution in [0.2, 0.25) is 0 Å². The number of hydrogen-bond acceptors (Lipinski definition) is 2. The van der Waals surface area contributed by atoms with Crippen molar-refractivity contribution in [1.82, 2.24) is 0 Å². The highest BCUT2D eigenvalue weighted by Gasteiger charge is 2.02. The van der Waals surface area contributed by atoms with E-state index in [4.69, 9.17) is 9.47 Å². The first kappa shape index (κ1) is 26.9. The van der Waals surface area contributed by atoms with E-state index < -0.39 is 0 Å². The Labute approximate surface area is 172 Å². The van der Waals surface area contributed by atoms with Crippen LogP contribution in [0.25, 0.3) is 0 Å². The average Bonchev–Trinajstić information content (AvgIpc) is 2.67. The van der Waals surface area contributed by atoms with Crippen LogP contribution in [0.3, 0.4) is 0 Å². The Morgan fingerprint density at radius 3 is 1.41 bits per heavy atom. The lowest BCUT2D eigenvalue weighted by Gasteiger charge is -2.13. The second-order valence-electron chi connectivity index (χ2n) is 8.39. The van der Waals surface area contributed by atoms with Gasteiger partial charge in [-0.25, -0.2) is 0 Å². The van der Waals surface area contributed by atoms with Gasteiger partial charge in [-0.3, -0.25) is 0 Å². The van der Waals surface area contributed by atoms with E-state index >= 15 is 0 Å². The van der Waals surface area contributed by atoms with Gasteiger partial charge in [0.1, 0.15) is 0 Å². The van der Waals surface area contributed by atoms with Crippen molar-refractivity contribution in [3.05, 3.63) is 0 Å². The van der Waals surface area contributed by atoms with Gasteiger partial charge >= 0.3 is 0 Å². The quantitative estimate of drug-likeness (QED) is 0.164. The molecule has 0 amide bonds. The van der Waals surface area contributed by atoms with Crippen molar-refractivity contribution in [2.75, 3.05) is 19.8 Å². The minimum Gasteiger partial charge on any atom is -0.381 e. The third-order valence-corrected chi connectivity index (χ3v) is 5.44. The molecule has 0 heterocycles. The fraction of sp³-hybridized carbons (Fsp3) is 1.00. The molecule has 0 aromatic heterocycles. The maximum atomic E-state index is 5.93. The molecular formula is C25H52O2. The maximum absolute atomic E-state index is 5.93. The summed E-state index contributed by atoms with van der Waals surface area (Å²) in [4.78, 5) is 0. The second-order valence-corrected chi connectivity index (χ2v) is 8.39. The minimum absolute atomic E-state index is 0.390. The zero-order valence-corrected chi connectivity index (χ0v) is 19.2. The third kappa shape index (κ3) is 23.9. The molecule has 0 spiro atoms. The van der Waals surface area contributed by atoms with E-state index in [9.17, 15) is 0 Å². The molecule has 27 heavy (non-hydrogen) atoms. The number of hydrogen-bond donors (Lipinski definition) is 0. The highest BCUT2D eigenvalue weighted by Crippen LogP contribution is 2.10. The molecule has 0 radical (unpaired) electrons. The van der Waals surface area contributed by atoms with Gasteiger partial charge in [0.05, 0.1) is 6.10 Å². The zero-order valence-electron chi connectivity index (χ0n) is 19.2. The van der Waals surface area contributed by atoms with Gasteiger partial charge in [0.2, 0.25) is 0 Å². The molecule has 0 aromatic carbocycles. The molecule has 0 saturated heterocycles. The van der Waals surface area contributed by atoms with Gasteiger partial charge in [-0.05, 0) is 32.6 Å². The topological polar surface area (TPSA) is 18.5 Å². The van der Waals surface area contributed by atoms with Crippen molar-refractivity contribution in [3.8, 4) is 0 Å². The van der Waals surface area contributed by atoms with E-state index in [1.165, 1.54) is 103 Å². The molecule has 0 aliphatic rings. The van der Waals surface area contributed by atoms with Crippen LogP contribution < -0.4 is 0 Å². The Morgan fingerprint density at radius 2 is 0.889 bits per heavy atom. The van der Waals surface area contributed by atoms with Gasteiger partial charge in [-0.15, -0.1) is 0 Å². The first-order valence-corrected chi connectivity index (χ1v) is 12.5. The SMILES string of the molecule is CCCCCCCCCCOCCCC(C)OCCCCCCCCCC. The first-order valence-electron chi connectivity index (χ1n) is 12.5. The van der Waals surface area contributed by atoms with Gasteiger partial charge in [0.15, 0.2) is 0 Å². The second kappa shape index (κ2) is 24.0. The predicted molar refractivity (Wildman–Crippen MR) is 121 cm³/mol. The lowest BCUT2D eigenvalue weighted by Crippen LogP contribution is -2.10. The van der Waals surface area contributed by atoms with Crippen molar-refractivity contribution in [1.29, 1.82) is 0 Å². The van der Waals surface area contributed by atoms with Gasteiger partial charge in [0.25, 0.3) is 0 Å². The van der Waals surface area contributed by atoms with Crippen LogP contribution in [-0.2, 0) is 9.47 Å². The van der Waals surface area contributed by atoms with E-state index in [2.05, 4.69) is 20.8 Å². The van der Waals surface area contributed by atoms with Crippen LogP contribution in [0.1, 0.15) is 136 Å². The molecule has 0 rings (SSSR count). The Kier molecular flexibility index (Phi) is 23.9. The van der Waals surface area contributed by atoms with Crippen LogP contribution in [0.5, 0.6) is 0 Å². The van der Waals surface area contributed by atoms with Crippen LogP contribution in [0.15, 0.2) is 0 Å². The van der Waals surface area contributed by atoms with E-state index in [1.807, 2.05) is 0 Å². The summed E-state index contributed by atoms with van der Waals surface area (Å²) >= 11 is 0. The molecule has 0 bridgehead atoms. The Balaban J connectivity index is 3.12. The predicted octanol–water partition coefficient (Wildman–Crippen LogP) is 8.47. The molecule has 2 heteroatoms. The number of ether oxygens (including phenoxy) is 2. The van der Waals surface area contributed by atoms with Gasteiger partial charge in [0, 0.05) is 19.8 Å². The summed E-state index contributed by atoms with van der Waals surface area (Å²) in [5.74, 6) is 0. The van der Waals surface area contributed by atoms with Crippen molar-refractivity contribution in [2.24, 2.45) is 0 Å². The summed E-state index contributed by atoms with van der Waals surface area (Å²) in [6, 6.07) is 0. The molecule has 1 unspecified atom stereocenters. The largest absolute Gasteiger partial charge is 0.381 e. The summed E-state index contributed by atoms with van der Waals surface area (Å²) in [5.41, 5.74) is 0. The minimum atomic E-state index is 0.390. The fourth-order valence-corrected chi connectivity index (χ4v) is 3.52. The molecule has 0 N–H and O–H groups in total. The van der Waals surface area contributed by atoms with Crippen LogP contribution >= 0.6 is 0 Å². The Hall–Kier alpha value is -0.0800. The highest BCUT2D eigenvalue weighted by atomic mass is 16.5. The third-order valence-electron chi connectivity index (χ3n) is 5.44. The van der Waals surface area contributed by atoms with Crippen LogP contribution in [-0.4, -0.2) is 25.9 Å². The maximum Gasteiger partial charge on any atom is 0.0547 e. The van der Waals surface area contributed by atoms with Crippen molar-refractivity contribution in [3.63, 3.8) is 0 Å². The average molecular weight is 385 g/mol. The summed E-state index contributed by atoms with van der Waals surface area (Å²) in [5, 5.41) is 0. The number of rotatable bonds is 23.